The number of nitrogens with zero attached hydrogens (tertiary/aromatic N) is 1. The van der Waals surface area contributed by atoms with Gasteiger partial charge in [0.05, 0.1) is 23.4 Å². The third-order valence-corrected chi connectivity index (χ3v) is 3.00. The van der Waals surface area contributed by atoms with Crippen LogP contribution in [0.25, 0.3) is 10.9 Å². The average molecular weight is 279 g/mol. The predicted octanol–water partition coefficient (Wildman–Crippen LogP) is 1.27. The monoisotopic (exact) mass is 279 g/mol. The van der Waals surface area contributed by atoms with Gasteiger partial charge in [-0.3, -0.25) is 5.10 Å². The molecule has 1 heterocycles. The highest BCUT2D eigenvalue weighted by Gasteiger charge is 2.12. The lowest BCUT2D eigenvalue weighted by Crippen LogP contribution is -2.32. The van der Waals surface area contributed by atoms with Crippen molar-refractivity contribution in [2.75, 3.05) is 6.54 Å². The topological polar surface area (TPSA) is 107 Å². The molecular formula is C13H17N3O4. The number of phenolic OH excluding ortho intramolecular Hbond substituents is 1. The summed E-state index contributed by atoms with van der Waals surface area (Å²) >= 11 is 0. The second-order valence-corrected chi connectivity index (χ2v) is 4.42. The summed E-state index contributed by atoms with van der Waals surface area (Å²) in [7, 11) is 0. The summed E-state index contributed by atoms with van der Waals surface area (Å²) in [6, 6.07) is 3.24. The molecule has 0 saturated carbocycles. The number of H-pyrrole nitrogens is 1. The maximum absolute atomic E-state index is 11.5. The molecule has 1 aromatic carbocycles. The second-order valence-electron chi connectivity index (χ2n) is 4.42. The molecule has 4 N–H and O–H groups in total. The summed E-state index contributed by atoms with van der Waals surface area (Å²) in [5.41, 5.74) is 1.09. The number of rotatable bonds is 5. The van der Waals surface area contributed by atoms with Gasteiger partial charge in [0.2, 0.25) is 0 Å². The van der Waals surface area contributed by atoms with Gasteiger partial charge in [-0.1, -0.05) is 6.92 Å². The number of aromatic nitrogens is 2. The molecule has 0 radical (unpaired) electrons. The number of phenols is 1. The van der Waals surface area contributed by atoms with Gasteiger partial charge >= 0.3 is 6.09 Å². The molecule has 0 aliphatic heterocycles. The van der Waals surface area contributed by atoms with Crippen molar-refractivity contribution >= 4 is 17.0 Å². The fraction of sp³-hybridized carbons (Fsp3) is 0.385. The van der Waals surface area contributed by atoms with E-state index in [-0.39, 0.29) is 18.9 Å². The van der Waals surface area contributed by atoms with E-state index in [2.05, 4.69) is 15.5 Å². The highest BCUT2D eigenvalue weighted by atomic mass is 16.5. The maximum atomic E-state index is 11.5. The van der Waals surface area contributed by atoms with Crippen LogP contribution in [0.5, 0.6) is 5.75 Å². The van der Waals surface area contributed by atoms with Crippen LogP contribution in [0.15, 0.2) is 18.3 Å². The van der Waals surface area contributed by atoms with Crippen molar-refractivity contribution in [2.24, 2.45) is 0 Å². The fourth-order valence-corrected chi connectivity index (χ4v) is 1.74. The molecule has 0 bridgehead atoms. The van der Waals surface area contributed by atoms with Crippen molar-refractivity contribution < 1.29 is 19.7 Å². The van der Waals surface area contributed by atoms with Crippen LogP contribution in [-0.4, -0.2) is 39.2 Å². The highest BCUT2D eigenvalue weighted by molar-refractivity contribution is 5.83. The van der Waals surface area contributed by atoms with Gasteiger partial charge in [0.15, 0.2) is 0 Å². The molecule has 0 saturated heterocycles. The third-order valence-electron chi connectivity index (χ3n) is 3.00. The Morgan fingerprint density at radius 3 is 3.10 bits per heavy atom. The molecule has 0 spiro atoms. The molecule has 1 amide bonds. The number of hydrogen-bond acceptors (Lipinski definition) is 5. The Kier molecular flexibility index (Phi) is 4.41. The smallest absolute Gasteiger partial charge is 0.407 e. The predicted molar refractivity (Wildman–Crippen MR) is 72.2 cm³/mol. The first-order valence-corrected chi connectivity index (χ1v) is 6.34. The van der Waals surface area contributed by atoms with Gasteiger partial charge in [0.25, 0.3) is 0 Å². The Balaban J connectivity index is 1.97. The van der Waals surface area contributed by atoms with Crippen LogP contribution in [-0.2, 0) is 11.3 Å². The van der Waals surface area contributed by atoms with Crippen molar-refractivity contribution in [3.63, 3.8) is 0 Å². The summed E-state index contributed by atoms with van der Waals surface area (Å²) in [5.74, 6) is 0.0307. The zero-order valence-electron chi connectivity index (χ0n) is 11.1. The first-order chi connectivity index (χ1) is 9.61. The zero-order chi connectivity index (χ0) is 14.5. The Morgan fingerprint density at radius 1 is 1.55 bits per heavy atom. The Hall–Kier alpha value is -2.28. The molecule has 2 rings (SSSR count). The fourth-order valence-electron chi connectivity index (χ4n) is 1.74. The second kappa shape index (κ2) is 6.25. The molecule has 20 heavy (non-hydrogen) atoms. The molecule has 2 aromatic rings. The van der Waals surface area contributed by atoms with Crippen molar-refractivity contribution in [3.05, 3.63) is 23.9 Å². The van der Waals surface area contributed by atoms with Gasteiger partial charge in [0, 0.05) is 11.9 Å². The van der Waals surface area contributed by atoms with Crippen LogP contribution in [0.1, 0.15) is 18.9 Å². The normalized spacial score (nSPS) is 12.3. The highest BCUT2D eigenvalue weighted by Crippen LogP contribution is 2.25. The molecule has 0 unspecified atom stereocenters. The van der Waals surface area contributed by atoms with Gasteiger partial charge in [-0.15, -0.1) is 0 Å². The number of aliphatic hydroxyl groups excluding tert-OH is 1. The van der Waals surface area contributed by atoms with Crippen LogP contribution in [0.3, 0.4) is 0 Å². The Labute approximate surface area is 115 Å². The zero-order valence-corrected chi connectivity index (χ0v) is 11.1. The van der Waals surface area contributed by atoms with E-state index in [1.807, 2.05) is 6.92 Å². The van der Waals surface area contributed by atoms with Crippen LogP contribution in [0.4, 0.5) is 4.79 Å². The van der Waals surface area contributed by atoms with Crippen molar-refractivity contribution in [1.82, 2.24) is 15.5 Å². The van der Waals surface area contributed by atoms with E-state index in [4.69, 9.17) is 4.74 Å². The number of aromatic hydroxyl groups is 1. The summed E-state index contributed by atoms with van der Waals surface area (Å²) in [4.78, 5) is 11.5. The van der Waals surface area contributed by atoms with Gasteiger partial charge in [0.1, 0.15) is 12.4 Å². The van der Waals surface area contributed by atoms with Crippen LogP contribution < -0.4 is 5.32 Å². The van der Waals surface area contributed by atoms with E-state index >= 15 is 0 Å². The SMILES string of the molecule is CC[C@H](O)CNC(=O)OCc1c(O)ccc2cn[nH]c12. The Bertz CT molecular complexity index is 596. The van der Waals surface area contributed by atoms with Gasteiger partial charge < -0.3 is 20.3 Å². The standard InChI is InChI=1S/C13H17N3O4/c1-2-9(17)6-14-13(19)20-7-10-11(18)4-3-8-5-15-16-12(8)10/h3-5,9,17-18H,2,6-7H2,1H3,(H,14,19)(H,15,16)/t9-/m0/s1. The molecule has 108 valence electrons. The molecule has 0 fully saturated rings. The number of fused-ring (bicyclic) bond motifs is 1. The summed E-state index contributed by atoms with van der Waals surface area (Å²) < 4.78 is 5.01. The van der Waals surface area contributed by atoms with E-state index in [0.29, 0.717) is 17.5 Å². The number of nitrogens with one attached hydrogen (secondary N) is 2. The van der Waals surface area contributed by atoms with Gasteiger partial charge in [-0.05, 0) is 18.6 Å². The average Bonchev–Trinajstić information content (AvgIpc) is 2.92. The largest absolute Gasteiger partial charge is 0.507 e. The molecule has 7 nitrogen and oxygen atoms in total. The molecule has 1 atom stereocenters. The number of hydrogen-bond donors (Lipinski definition) is 4. The minimum atomic E-state index is -0.645. The summed E-state index contributed by atoms with van der Waals surface area (Å²) in [5, 5.41) is 29.0. The van der Waals surface area contributed by atoms with Gasteiger partial charge in [-0.25, -0.2) is 4.79 Å². The van der Waals surface area contributed by atoms with E-state index in [1.54, 1.807) is 12.3 Å². The van der Waals surface area contributed by atoms with Crippen molar-refractivity contribution in [2.45, 2.75) is 26.1 Å². The lowest BCUT2D eigenvalue weighted by atomic mass is 10.1. The van der Waals surface area contributed by atoms with Crippen molar-refractivity contribution in [1.29, 1.82) is 0 Å². The lowest BCUT2D eigenvalue weighted by molar-refractivity contribution is 0.124. The van der Waals surface area contributed by atoms with Crippen molar-refractivity contribution in [3.8, 4) is 5.75 Å². The number of ether oxygens (including phenoxy) is 1. The number of benzene rings is 1. The number of amides is 1. The van der Waals surface area contributed by atoms with Crippen LogP contribution in [0.2, 0.25) is 0 Å². The lowest BCUT2D eigenvalue weighted by Gasteiger charge is -2.11. The third kappa shape index (κ3) is 3.18. The Morgan fingerprint density at radius 2 is 2.35 bits per heavy atom. The van der Waals surface area contributed by atoms with Crippen LogP contribution in [0, 0.1) is 0 Å². The molecule has 0 aliphatic rings. The molecule has 1 aromatic heterocycles. The quantitative estimate of drug-likeness (QED) is 0.659. The minimum Gasteiger partial charge on any atom is -0.507 e. The molecule has 7 heteroatoms. The number of alkyl carbamates (subject to hydrolysis) is 1. The maximum Gasteiger partial charge on any atom is 0.407 e. The summed E-state index contributed by atoms with van der Waals surface area (Å²) in [6.45, 7) is 1.86. The number of carbonyl (C=O) groups excluding carboxylic acids is 1. The van der Waals surface area contributed by atoms with Gasteiger partial charge in [-0.2, -0.15) is 5.10 Å². The molecular weight excluding hydrogens is 262 g/mol. The van der Waals surface area contributed by atoms with E-state index in [0.717, 1.165) is 5.39 Å². The first kappa shape index (κ1) is 14.1. The summed E-state index contributed by atoms with van der Waals surface area (Å²) in [6.07, 6.45) is 0.935. The van der Waals surface area contributed by atoms with E-state index < -0.39 is 12.2 Å². The number of aliphatic hydroxyl groups is 1. The number of aromatic amines is 1. The number of carbonyl (C=O) groups is 1. The van der Waals surface area contributed by atoms with E-state index in [1.165, 1.54) is 6.07 Å². The first-order valence-electron chi connectivity index (χ1n) is 6.34. The van der Waals surface area contributed by atoms with E-state index in [9.17, 15) is 15.0 Å². The molecule has 0 aliphatic carbocycles. The van der Waals surface area contributed by atoms with Crippen LogP contribution >= 0.6 is 0 Å². The minimum absolute atomic E-state index is 0.0307.